The highest BCUT2D eigenvalue weighted by atomic mass is 32.2. The first kappa shape index (κ1) is 14.9. The second-order valence-corrected chi connectivity index (χ2v) is 7.18. The van der Waals surface area contributed by atoms with Crippen molar-refractivity contribution in [2.45, 2.75) is 26.0 Å². The Morgan fingerprint density at radius 3 is 2.76 bits per heavy atom. The van der Waals surface area contributed by atoms with Crippen LogP contribution in [0.25, 0.3) is 0 Å². The van der Waals surface area contributed by atoms with Crippen molar-refractivity contribution in [3.8, 4) is 0 Å². The smallest absolute Gasteiger partial charge is 0.148 e. The zero-order chi connectivity index (χ0) is 12.9. The Hall–Kier alpha value is -0.170. The van der Waals surface area contributed by atoms with Gasteiger partial charge in [-0.1, -0.05) is 0 Å². The van der Waals surface area contributed by atoms with E-state index < -0.39 is 9.84 Å². The molecule has 0 saturated carbocycles. The zero-order valence-electron chi connectivity index (χ0n) is 11.0. The van der Waals surface area contributed by atoms with E-state index in [0.29, 0.717) is 12.6 Å². The molecule has 1 aliphatic heterocycles. The van der Waals surface area contributed by atoms with Crippen LogP contribution in [0.15, 0.2) is 0 Å². The van der Waals surface area contributed by atoms with E-state index in [1.54, 1.807) is 0 Å². The molecule has 1 fully saturated rings. The summed E-state index contributed by atoms with van der Waals surface area (Å²) in [5, 5.41) is 3.14. The Morgan fingerprint density at radius 1 is 1.47 bits per heavy atom. The lowest BCUT2D eigenvalue weighted by Crippen LogP contribution is -2.49. The minimum absolute atomic E-state index is 0.172. The summed E-state index contributed by atoms with van der Waals surface area (Å²) in [6.07, 6.45) is 1.43. The van der Waals surface area contributed by atoms with Gasteiger partial charge in [-0.05, 0) is 13.8 Å². The number of morpholine rings is 1. The highest BCUT2D eigenvalue weighted by molar-refractivity contribution is 7.90. The van der Waals surface area contributed by atoms with Gasteiger partial charge in [0.25, 0.3) is 0 Å². The van der Waals surface area contributed by atoms with Gasteiger partial charge in [-0.25, -0.2) is 8.42 Å². The molecule has 0 aromatic carbocycles. The molecular formula is C11H24N2O3S. The molecule has 0 amide bonds. The number of hydrogen-bond donors (Lipinski definition) is 1. The monoisotopic (exact) mass is 264 g/mol. The first-order chi connectivity index (χ1) is 7.88. The van der Waals surface area contributed by atoms with Crippen molar-refractivity contribution in [3.05, 3.63) is 0 Å². The topological polar surface area (TPSA) is 58.6 Å². The summed E-state index contributed by atoms with van der Waals surface area (Å²) >= 11 is 0. The SMILES string of the molecule is CC(C)N1CCOC(CNCCS(C)(=O)=O)C1. The van der Waals surface area contributed by atoms with Gasteiger partial charge in [0.2, 0.25) is 0 Å². The molecule has 0 bridgehead atoms. The van der Waals surface area contributed by atoms with Crippen LogP contribution in [0.2, 0.25) is 0 Å². The van der Waals surface area contributed by atoms with Crippen LogP contribution in [0.4, 0.5) is 0 Å². The molecular weight excluding hydrogens is 240 g/mol. The number of nitrogens with one attached hydrogen (secondary N) is 1. The Kier molecular flexibility index (Phi) is 5.85. The summed E-state index contributed by atoms with van der Waals surface area (Å²) in [6.45, 7) is 8.25. The fourth-order valence-electron chi connectivity index (χ4n) is 1.86. The lowest BCUT2D eigenvalue weighted by atomic mass is 10.2. The quantitative estimate of drug-likeness (QED) is 0.669. The second kappa shape index (κ2) is 6.68. The lowest BCUT2D eigenvalue weighted by molar-refractivity contribution is -0.0369. The average molecular weight is 264 g/mol. The maximum atomic E-state index is 10.9. The molecule has 1 unspecified atom stereocenters. The van der Waals surface area contributed by atoms with Crippen molar-refractivity contribution in [1.82, 2.24) is 10.2 Å². The van der Waals surface area contributed by atoms with E-state index in [0.717, 1.165) is 26.2 Å². The summed E-state index contributed by atoms with van der Waals surface area (Å²) in [7, 11) is -2.87. The molecule has 6 heteroatoms. The van der Waals surface area contributed by atoms with Crippen LogP contribution in [-0.4, -0.2) is 70.3 Å². The van der Waals surface area contributed by atoms with Crippen LogP contribution in [0.3, 0.4) is 0 Å². The maximum Gasteiger partial charge on any atom is 0.148 e. The molecule has 5 nitrogen and oxygen atoms in total. The highest BCUT2D eigenvalue weighted by Crippen LogP contribution is 2.07. The number of sulfone groups is 1. The summed E-state index contributed by atoms with van der Waals surface area (Å²) in [4.78, 5) is 2.38. The fourth-order valence-corrected chi connectivity index (χ4v) is 2.37. The Balaban J connectivity index is 2.19. The molecule has 0 radical (unpaired) electrons. The summed E-state index contributed by atoms with van der Waals surface area (Å²) < 4.78 is 27.5. The standard InChI is InChI=1S/C11H24N2O3S/c1-10(2)13-5-6-16-11(9-13)8-12-4-7-17(3,14)15/h10-12H,4-9H2,1-3H3. The van der Waals surface area contributed by atoms with Crippen molar-refractivity contribution in [2.24, 2.45) is 0 Å². The Labute approximate surface area is 104 Å². The van der Waals surface area contributed by atoms with Gasteiger partial charge in [-0.15, -0.1) is 0 Å². The van der Waals surface area contributed by atoms with E-state index in [2.05, 4.69) is 24.1 Å². The number of nitrogens with zero attached hydrogens (tertiary/aromatic N) is 1. The van der Waals surface area contributed by atoms with Gasteiger partial charge in [0.05, 0.1) is 18.5 Å². The predicted octanol–water partition coefficient (Wildman–Crippen LogP) is -0.270. The lowest BCUT2D eigenvalue weighted by Gasteiger charge is -2.35. The molecule has 17 heavy (non-hydrogen) atoms. The largest absolute Gasteiger partial charge is 0.374 e. The van der Waals surface area contributed by atoms with Gasteiger partial charge in [0, 0.05) is 38.5 Å². The van der Waals surface area contributed by atoms with E-state index >= 15 is 0 Å². The molecule has 1 rings (SSSR count). The van der Waals surface area contributed by atoms with E-state index in [4.69, 9.17) is 4.74 Å². The van der Waals surface area contributed by atoms with Gasteiger partial charge < -0.3 is 10.1 Å². The zero-order valence-corrected chi connectivity index (χ0v) is 11.8. The van der Waals surface area contributed by atoms with Crippen LogP contribution < -0.4 is 5.32 Å². The third-order valence-electron chi connectivity index (χ3n) is 2.92. The Bertz CT molecular complexity index is 317. The van der Waals surface area contributed by atoms with Crippen molar-refractivity contribution in [1.29, 1.82) is 0 Å². The molecule has 1 aliphatic rings. The van der Waals surface area contributed by atoms with Crippen molar-refractivity contribution in [2.75, 3.05) is 44.8 Å². The second-order valence-electron chi connectivity index (χ2n) is 4.92. The summed E-state index contributed by atoms with van der Waals surface area (Å²) in [5.41, 5.74) is 0. The minimum Gasteiger partial charge on any atom is -0.374 e. The van der Waals surface area contributed by atoms with Crippen LogP contribution in [0.1, 0.15) is 13.8 Å². The van der Waals surface area contributed by atoms with Crippen LogP contribution in [-0.2, 0) is 14.6 Å². The molecule has 0 aliphatic carbocycles. The highest BCUT2D eigenvalue weighted by Gasteiger charge is 2.21. The normalized spacial score (nSPS) is 23.2. The maximum absolute atomic E-state index is 10.9. The fraction of sp³-hybridized carbons (Fsp3) is 1.00. The molecule has 0 aromatic rings. The van der Waals surface area contributed by atoms with Gasteiger partial charge in [0.15, 0.2) is 0 Å². The first-order valence-corrected chi connectivity index (χ1v) is 8.18. The molecule has 1 atom stereocenters. The summed E-state index contributed by atoms with van der Waals surface area (Å²) in [6, 6.07) is 0.539. The van der Waals surface area contributed by atoms with E-state index in [9.17, 15) is 8.42 Å². The van der Waals surface area contributed by atoms with Gasteiger partial charge in [0.1, 0.15) is 9.84 Å². The average Bonchev–Trinajstić information content (AvgIpc) is 2.23. The Morgan fingerprint density at radius 2 is 2.18 bits per heavy atom. The predicted molar refractivity (Wildman–Crippen MR) is 69.0 cm³/mol. The van der Waals surface area contributed by atoms with E-state index in [1.165, 1.54) is 6.26 Å². The van der Waals surface area contributed by atoms with Crippen LogP contribution in [0.5, 0.6) is 0 Å². The van der Waals surface area contributed by atoms with Gasteiger partial charge in [-0.3, -0.25) is 4.90 Å². The third kappa shape index (κ3) is 6.35. The van der Waals surface area contributed by atoms with Crippen LogP contribution in [0, 0.1) is 0 Å². The molecule has 0 spiro atoms. The number of hydrogen-bond acceptors (Lipinski definition) is 5. The third-order valence-corrected chi connectivity index (χ3v) is 3.87. The van der Waals surface area contributed by atoms with Crippen molar-refractivity contribution in [3.63, 3.8) is 0 Å². The van der Waals surface area contributed by atoms with E-state index in [-0.39, 0.29) is 11.9 Å². The minimum atomic E-state index is -2.87. The molecule has 1 heterocycles. The van der Waals surface area contributed by atoms with Gasteiger partial charge >= 0.3 is 0 Å². The molecule has 1 saturated heterocycles. The van der Waals surface area contributed by atoms with Gasteiger partial charge in [-0.2, -0.15) is 0 Å². The number of ether oxygens (including phenoxy) is 1. The summed E-state index contributed by atoms with van der Waals surface area (Å²) in [5.74, 6) is 0.188. The first-order valence-electron chi connectivity index (χ1n) is 6.12. The van der Waals surface area contributed by atoms with E-state index in [1.807, 2.05) is 0 Å². The molecule has 1 N–H and O–H groups in total. The van der Waals surface area contributed by atoms with Crippen molar-refractivity contribution >= 4 is 9.84 Å². The molecule has 102 valence electrons. The van der Waals surface area contributed by atoms with Crippen molar-refractivity contribution < 1.29 is 13.2 Å². The van der Waals surface area contributed by atoms with Crippen LogP contribution >= 0.6 is 0 Å². The number of rotatable bonds is 6. The molecule has 0 aromatic heterocycles.